The number of hydrogen-bond donors (Lipinski definition) is 1. The van der Waals surface area contributed by atoms with Gasteiger partial charge in [-0.05, 0) is 55.6 Å². The highest BCUT2D eigenvalue weighted by atomic mass is 35.5. The molecule has 2 aliphatic rings. The maximum atomic E-state index is 14.1. The summed E-state index contributed by atoms with van der Waals surface area (Å²) in [5, 5.41) is 10.7. The summed E-state index contributed by atoms with van der Waals surface area (Å²) in [6.07, 6.45) is 0. The highest BCUT2D eigenvalue weighted by Gasteiger charge is 2.68. The zero-order chi connectivity index (χ0) is 25.9. The van der Waals surface area contributed by atoms with Crippen LogP contribution in [0.1, 0.15) is 42.8 Å². The van der Waals surface area contributed by atoms with Gasteiger partial charge in [-0.25, -0.2) is 0 Å². The van der Waals surface area contributed by atoms with E-state index in [-0.39, 0.29) is 29.4 Å². The number of benzene rings is 3. The van der Waals surface area contributed by atoms with Crippen molar-refractivity contribution in [2.75, 3.05) is 13.6 Å². The predicted octanol–water partition coefficient (Wildman–Crippen LogP) is 5.65. The number of aromatic hydroxyl groups is 1. The number of fused-ring (bicyclic) bond motifs is 1. The Hall–Kier alpha value is -4.00. The molecule has 2 heterocycles. The quantitative estimate of drug-likeness (QED) is 0.281. The van der Waals surface area contributed by atoms with Crippen molar-refractivity contribution in [1.29, 1.82) is 0 Å². The van der Waals surface area contributed by atoms with Gasteiger partial charge in [0.1, 0.15) is 17.3 Å². The molecule has 4 aromatic rings. The van der Waals surface area contributed by atoms with E-state index in [0.717, 1.165) is 5.56 Å². The van der Waals surface area contributed by atoms with Gasteiger partial charge in [-0.2, -0.15) is 0 Å². The number of carbonyl (C=O) groups is 3. The SMILES string of the molecule is CN1C[C@H](c2ccc(-c3ccc(Cl)cc3)o2)[C@@H](C(=O)c2cccc(O)c2)C12C(=O)c1ccccc1C2=O. The third-order valence-corrected chi connectivity index (χ3v) is 7.82. The molecule has 0 radical (unpaired) electrons. The number of likely N-dealkylation sites (tertiary alicyclic amines) is 1. The monoisotopic (exact) mass is 511 g/mol. The minimum Gasteiger partial charge on any atom is -0.508 e. The third kappa shape index (κ3) is 3.40. The largest absolute Gasteiger partial charge is 0.508 e. The number of rotatable bonds is 4. The minimum atomic E-state index is -1.70. The topological polar surface area (TPSA) is 87.8 Å². The van der Waals surface area contributed by atoms with Gasteiger partial charge in [-0.15, -0.1) is 0 Å². The minimum absolute atomic E-state index is 0.0711. The Morgan fingerprint density at radius 1 is 0.946 bits per heavy atom. The maximum absolute atomic E-state index is 14.1. The fourth-order valence-corrected chi connectivity index (χ4v) is 6.01. The lowest BCUT2D eigenvalue weighted by atomic mass is 9.71. The maximum Gasteiger partial charge on any atom is 0.192 e. The number of phenols is 1. The summed E-state index contributed by atoms with van der Waals surface area (Å²) in [4.78, 5) is 43.8. The van der Waals surface area contributed by atoms with E-state index < -0.39 is 23.2 Å². The lowest BCUT2D eigenvalue weighted by Crippen LogP contribution is -2.57. The molecule has 6 rings (SSSR count). The zero-order valence-electron chi connectivity index (χ0n) is 19.9. The number of phenolic OH excluding ortho intramolecular Hbond substituents is 1. The first-order valence-corrected chi connectivity index (χ1v) is 12.3. The molecule has 1 spiro atoms. The van der Waals surface area contributed by atoms with Gasteiger partial charge < -0.3 is 9.52 Å². The van der Waals surface area contributed by atoms with Crippen LogP contribution in [-0.4, -0.2) is 46.5 Å². The lowest BCUT2D eigenvalue weighted by molar-refractivity contribution is 0.0514. The first-order chi connectivity index (χ1) is 17.8. The van der Waals surface area contributed by atoms with E-state index >= 15 is 0 Å². The van der Waals surface area contributed by atoms with Crippen LogP contribution in [0.25, 0.3) is 11.3 Å². The van der Waals surface area contributed by atoms with E-state index in [1.54, 1.807) is 66.5 Å². The first kappa shape index (κ1) is 23.4. The molecular weight excluding hydrogens is 490 g/mol. The number of carbonyl (C=O) groups excluding carboxylic acids is 3. The fraction of sp³-hybridized carbons (Fsp3) is 0.167. The van der Waals surface area contributed by atoms with E-state index in [1.165, 1.54) is 12.1 Å². The summed E-state index contributed by atoms with van der Waals surface area (Å²) in [6, 6.07) is 23.5. The highest BCUT2D eigenvalue weighted by molar-refractivity contribution is 6.35. The van der Waals surface area contributed by atoms with Crippen molar-refractivity contribution in [3.05, 3.63) is 112 Å². The van der Waals surface area contributed by atoms with Gasteiger partial charge in [0.25, 0.3) is 0 Å². The summed E-state index contributed by atoms with van der Waals surface area (Å²) in [5.41, 5.74) is -0.0341. The van der Waals surface area contributed by atoms with Gasteiger partial charge in [-0.3, -0.25) is 19.3 Å². The Bertz CT molecular complexity index is 1540. The molecule has 1 aliphatic heterocycles. The summed E-state index contributed by atoms with van der Waals surface area (Å²) in [6.45, 7) is 0.258. The summed E-state index contributed by atoms with van der Waals surface area (Å²) >= 11 is 6.03. The van der Waals surface area contributed by atoms with Crippen LogP contribution in [0, 0.1) is 5.92 Å². The van der Waals surface area contributed by atoms with Crippen LogP contribution in [-0.2, 0) is 0 Å². The van der Waals surface area contributed by atoms with Gasteiger partial charge >= 0.3 is 0 Å². The van der Waals surface area contributed by atoms with E-state index in [1.807, 2.05) is 18.2 Å². The number of furan rings is 1. The van der Waals surface area contributed by atoms with Crippen molar-refractivity contribution in [2.24, 2.45) is 5.92 Å². The number of ketones is 3. The molecule has 0 bridgehead atoms. The van der Waals surface area contributed by atoms with Crippen LogP contribution in [0.3, 0.4) is 0 Å². The molecule has 1 N–H and O–H groups in total. The third-order valence-electron chi connectivity index (χ3n) is 7.57. The second kappa shape index (κ2) is 8.54. The second-order valence-electron chi connectivity index (χ2n) is 9.56. The van der Waals surface area contributed by atoms with Gasteiger partial charge in [0.2, 0.25) is 0 Å². The van der Waals surface area contributed by atoms with E-state index in [4.69, 9.17) is 16.0 Å². The van der Waals surface area contributed by atoms with Crippen LogP contribution in [0.15, 0.2) is 89.3 Å². The number of Topliss-reactive ketones (excluding diaryl/α,β-unsaturated/α-hetero) is 3. The molecule has 2 atom stereocenters. The standard InChI is InChI=1S/C30H22ClNO5/c1-32-16-23(25-14-13-24(37-25)17-9-11-19(31)12-10-17)26(27(34)18-5-4-6-20(33)15-18)30(32)28(35)21-7-2-3-8-22(21)29(30)36/h2-15,23,26,33H,16H2,1H3/t23-,26+/m1/s1. The van der Waals surface area contributed by atoms with E-state index in [9.17, 15) is 19.5 Å². The summed E-state index contributed by atoms with van der Waals surface area (Å²) in [5.74, 6) is -1.79. The van der Waals surface area contributed by atoms with Gasteiger partial charge in [0, 0.05) is 39.7 Å². The van der Waals surface area contributed by atoms with Crippen molar-refractivity contribution in [2.45, 2.75) is 11.5 Å². The van der Waals surface area contributed by atoms with Gasteiger partial charge in [0.05, 0.1) is 5.92 Å². The molecule has 7 heteroatoms. The van der Waals surface area contributed by atoms with Crippen molar-refractivity contribution in [3.8, 4) is 17.1 Å². The Balaban J connectivity index is 1.50. The van der Waals surface area contributed by atoms with Gasteiger partial charge in [-0.1, -0.05) is 48.0 Å². The molecule has 37 heavy (non-hydrogen) atoms. The normalized spacial score (nSPS) is 20.5. The van der Waals surface area contributed by atoms with E-state index in [2.05, 4.69) is 0 Å². The highest BCUT2D eigenvalue weighted by Crippen LogP contribution is 2.52. The Kier molecular flexibility index (Phi) is 5.40. The van der Waals surface area contributed by atoms with Crippen molar-refractivity contribution in [1.82, 2.24) is 4.90 Å². The molecule has 1 saturated heterocycles. The molecule has 0 amide bonds. The van der Waals surface area contributed by atoms with Crippen molar-refractivity contribution >= 4 is 29.0 Å². The molecule has 3 aromatic carbocycles. The zero-order valence-corrected chi connectivity index (χ0v) is 20.6. The van der Waals surface area contributed by atoms with Crippen LogP contribution >= 0.6 is 11.6 Å². The van der Waals surface area contributed by atoms with Crippen LogP contribution in [0.5, 0.6) is 5.75 Å². The van der Waals surface area contributed by atoms with Crippen LogP contribution in [0.4, 0.5) is 0 Å². The van der Waals surface area contributed by atoms with Crippen molar-refractivity contribution < 1.29 is 23.9 Å². The molecule has 1 aromatic heterocycles. The number of hydrogen-bond acceptors (Lipinski definition) is 6. The molecular formula is C30H22ClNO5. The number of likely N-dealkylation sites (N-methyl/N-ethyl adjacent to an activating group) is 1. The Labute approximate surface area is 218 Å². The molecule has 1 aliphatic carbocycles. The predicted molar refractivity (Wildman–Crippen MR) is 138 cm³/mol. The fourth-order valence-electron chi connectivity index (χ4n) is 5.88. The molecule has 0 saturated carbocycles. The summed E-state index contributed by atoms with van der Waals surface area (Å²) in [7, 11) is 1.70. The smallest absolute Gasteiger partial charge is 0.192 e. The average Bonchev–Trinajstić information content (AvgIpc) is 3.56. The summed E-state index contributed by atoms with van der Waals surface area (Å²) < 4.78 is 6.24. The van der Waals surface area contributed by atoms with Crippen LogP contribution < -0.4 is 0 Å². The molecule has 6 nitrogen and oxygen atoms in total. The second-order valence-corrected chi connectivity index (χ2v) is 9.99. The Morgan fingerprint density at radius 3 is 2.27 bits per heavy atom. The lowest BCUT2D eigenvalue weighted by Gasteiger charge is -2.33. The Morgan fingerprint density at radius 2 is 1.62 bits per heavy atom. The number of nitrogens with zero attached hydrogens (tertiary/aromatic N) is 1. The molecule has 1 fully saturated rings. The molecule has 0 unspecified atom stereocenters. The van der Waals surface area contributed by atoms with Gasteiger partial charge in [0.15, 0.2) is 22.9 Å². The number of halogens is 1. The van der Waals surface area contributed by atoms with Crippen molar-refractivity contribution in [3.63, 3.8) is 0 Å². The first-order valence-electron chi connectivity index (χ1n) is 11.9. The van der Waals surface area contributed by atoms with E-state index in [0.29, 0.717) is 27.7 Å². The molecule has 184 valence electrons. The average molecular weight is 512 g/mol. The van der Waals surface area contributed by atoms with Crippen LogP contribution in [0.2, 0.25) is 5.02 Å².